The third-order valence-corrected chi connectivity index (χ3v) is 3.56. The highest BCUT2D eigenvalue weighted by Gasteiger charge is 2.18. The summed E-state index contributed by atoms with van der Waals surface area (Å²) in [6, 6.07) is 0. The standard InChI is InChI=1S/C14H22N4O2/c1-11-3-6-18(7-4-11)14-16-9-12(10-17-14)13(19)15-5-8-20-2/h9-11H,3-8H2,1-2H3,(H,15,19). The maximum atomic E-state index is 11.8. The Kier molecular flexibility index (Phi) is 5.29. The number of methoxy groups -OCH3 is 1. The van der Waals surface area contributed by atoms with Crippen LogP contribution in [0.3, 0.4) is 0 Å². The van der Waals surface area contributed by atoms with Gasteiger partial charge >= 0.3 is 0 Å². The number of rotatable bonds is 5. The van der Waals surface area contributed by atoms with Crippen LogP contribution in [0, 0.1) is 5.92 Å². The van der Waals surface area contributed by atoms with E-state index in [2.05, 4.69) is 27.1 Å². The van der Waals surface area contributed by atoms with Crippen molar-refractivity contribution in [1.82, 2.24) is 15.3 Å². The fraction of sp³-hybridized carbons (Fsp3) is 0.643. The maximum Gasteiger partial charge on any atom is 0.254 e. The number of ether oxygens (including phenoxy) is 1. The van der Waals surface area contributed by atoms with Gasteiger partial charge in [0.1, 0.15) is 0 Å². The van der Waals surface area contributed by atoms with E-state index in [4.69, 9.17) is 4.74 Å². The molecule has 0 aliphatic carbocycles. The molecule has 1 aromatic rings. The first-order chi connectivity index (χ1) is 9.70. The summed E-state index contributed by atoms with van der Waals surface area (Å²) in [4.78, 5) is 22.6. The van der Waals surface area contributed by atoms with Gasteiger partial charge in [-0.2, -0.15) is 0 Å². The summed E-state index contributed by atoms with van der Waals surface area (Å²) in [6.07, 6.45) is 5.51. The van der Waals surface area contributed by atoms with Crippen molar-refractivity contribution in [2.75, 3.05) is 38.3 Å². The zero-order chi connectivity index (χ0) is 14.4. The summed E-state index contributed by atoms with van der Waals surface area (Å²) < 4.78 is 4.88. The van der Waals surface area contributed by atoms with Crippen LogP contribution in [-0.4, -0.2) is 49.2 Å². The van der Waals surface area contributed by atoms with Crippen molar-refractivity contribution in [3.8, 4) is 0 Å². The second-order valence-corrected chi connectivity index (χ2v) is 5.19. The average molecular weight is 278 g/mol. The monoisotopic (exact) mass is 278 g/mol. The van der Waals surface area contributed by atoms with Crippen molar-refractivity contribution in [3.63, 3.8) is 0 Å². The molecule has 20 heavy (non-hydrogen) atoms. The van der Waals surface area contributed by atoms with E-state index in [9.17, 15) is 4.79 Å². The second-order valence-electron chi connectivity index (χ2n) is 5.19. The topological polar surface area (TPSA) is 67.3 Å². The molecule has 0 aromatic carbocycles. The Morgan fingerprint density at radius 2 is 2.05 bits per heavy atom. The van der Waals surface area contributed by atoms with E-state index in [0.717, 1.165) is 19.0 Å². The van der Waals surface area contributed by atoms with Gasteiger partial charge < -0.3 is 15.0 Å². The summed E-state index contributed by atoms with van der Waals surface area (Å²) in [6.45, 7) is 5.23. The minimum absolute atomic E-state index is 0.166. The first-order valence-electron chi connectivity index (χ1n) is 7.05. The van der Waals surface area contributed by atoms with E-state index in [1.807, 2.05) is 0 Å². The molecule has 0 radical (unpaired) electrons. The number of carbonyl (C=O) groups excluding carboxylic acids is 1. The molecule has 1 fully saturated rings. The van der Waals surface area contributed by atoms with Crippen LogP contribution in [0.4, 0.5) is 5.95 Å². The molecule has 1 saturated heterocycles. The average Bonchev–Trinajstić information content (AvgIpc) is 2.48. The van der Waals surface area contributed by atoms with Crippen LogP contribution in [0.1, 0.15) is 30.1 Å². The van der Waals surface area contributed by atoms with Crippen LogP contribution < -0.4 is 10.2 Å². The second kappa shape index (κ2) is 7.19. The van der Waals surface area contributed by atoms with Gasteiger partial charge in [0.2, 0.25) is 5.95 Å². The Bertz CT molecular complexity index is 427. The Balaban J connectivity index is 1.90. The third-order valence-electron chi connectivity index (χ3n) is 3.56. The zero-order valence-corrected chi connectivity index (χ0v) is 12.1. The van der Waals surface area contributed by atoms with E-state index in [1.54, 1.807) is 19.5 Å². The van der Waals surface area contributed by atoms with E-state index in [1.165, 1.54) is 12.8 Å². The van der Waals surface area contributed by atoms with Crippen molar-refractivity contribution in [1.29, 1.82) is 0 Å². The molecule has 2 heterocycles. The molecule has 1 N–H and O–H groups in total. The molecule has 0 unspecified atom stereocenters. The lowest BCUT2D eigenvalue weighted by atomic mass is 10.00. The van der Waals surface area contributed by atoms with Crippen molar-refractivity contribution >= 4 is 11.9 Å². The Hall–Kier alpha value is -1.69. The predicted molar refractivity (Wildman–Crippen MR) is 76.9 cm³/mol. The highest BCUT2D eigenvalue weighted by Crippen LogP contribution is 2.19. The normalized spacial score (nSPS) is 16.2. The van der Waals surface area contributed by atoms with Gasteiger partial charge in [-0.25, -0.2) is 9.97 Å². The number of nitrogens with one attached hydrogen (secondary N) is 1. The van der Waals surface area contributed by atoms with Gasteiger partial charge in [0.25, 0.3) is 5.91 Å². The number of carbonyl (C=O) groups is 1. The van der Waals surface area contributed by atoms with Gasteiger partial charge in [0.05, 0.1) is 12.2 Å². The summed E-state index contributed by atoms with van der Waals surface area (Å²) in [5.74, 6) is 1.32. The molecule has 0 bridgehead atoms. The SMILES string of the molecule is COCCNC(=O)c1cnc(N2CCC(C)CC2)nc1. The van der Waals surface area contributed by atoms with Gasteiger partial charge in [-0.3, -0.25) is 4.79 Å². The highest BCUT2D eigenvalue weighted by molar-refractivity contribution is 5.93. The molecule has 0 saturated carbocycles. The maximum absolute atomic E-state index is 11.8. The molecule has 110 valence electrons. The van der Waals surface area contributed by atoms with E-state index in [-0.39, 0.29) is 5.91 Å². The molecule has 0 spiro atoms. The number of hydrogen-bond donors (Lipinski definition) is 1. The number of amides is 1. The fourth-order valence-corrected chi connectivity index (χ4v) is 2.18. The predicted octanol–water partition coefficient (Wildman–Crippen LogP) is 1.09. The Morgan fingerprint density at radius 1 is 1.40 bits per heavy atom. The van der Waals surface area contributed by atoms with Crippen LogP contribution in [0.2, 0.25) is 0 Å². The number of aromatic nitrogens is 2. The lowest BCUT2D eigenvalue weighted by Gasteiger charge is -2.30. The van der Waals surface area contributed by atoms with Gasteiger partial charge in [0, 0.05) is 39.1 Å². The van der Waals surface area contributed by atoms with Crippen molar-refractivity contribution < 1.29 is 9.53 Å². The molecule has 2 rings (SSSR count). The van der Waals surface area contributed by atoms with Crippen molar-refractivity contribution in [2.24, 2.45) is 5.92 Å². The van der Waals surface area contributed by atoms with Crippen LogP contribution >= 0.6 is 0 Å². The lowest BCUT2D eigenvalue weighted by Crippen LogP contribution is -2.34. The molecule has 6 heteroatoms. The first kappa shape index (κ1) is 14.7. The minimum atomic E-state index is -0.166. The van der Waals surface area contributed by atoms with Crippen molar-refractivity contribution in [3.05, 3.63) is 18.0 Å². The minimum Gasteiger partial charge on any atom is -0.383 e. The van der Waals surface area contributed by atoms with E-state index in [0.29, 0.717) is 24.7 Å². The van der Waals surface area contributed by atoms with E-state index < -0.39 is 0 Å². The molecule has 0 atom stereocenters. The van der Waals surface area contributed by atoms with E-state index >= 15 is 0 Å². The van der Waals surface area contributed by atoms with Gasteiger partial charge in [-0.1, -0.05) is 6.92 Å². The molecular formula is C14H22N4O2. The molecular weight excluding hydrogens is 256 g/mol. The van der Waals surface area contributed by atoms with Gasteiger partial charge in [0.15, 0.2) is 0 Å². The molecule has 1 amide bonds. The number of hydrogen-bond acceptors (Lipinski definition) is 5. The number of piperidine rings is 1. The summed E-state index contributed by atoms with van der Waals surface area (Å²) in [5.41, 5.74) is 0.482. The number of anilines is 1. The molecule has 6 nitrogen and oxygen atoms in total. The Labute approximate surface area is 119 Å². The van der Waals surface area contributed by atoms with Crippen LogP contribution in [0.5, 0.6) is 0 Å². The molecule has 1 aliphatic heterocycles. The first-order valence-corrected chi connectivity index (χ1v) is 7.05. The fourth-order valence-electron chi connectivity index (χ4n) is 2.18. The third kappa shape index (κ3) is 3.90. The van der Waals surface area contributed by atoms with Crippen LogP contribution in [-0.2, 0) is 4.74 Å². The molecule has 1 aromatic heterocycles. The summed E-state index contributed by atoms with van der Waals surface area (Å²) in [7, 11) is 1.60. The summed E-state index contributed by atoms with van der Waals surface area (Å²) in [5, 5.41) is 2.75. The van der Waals surface area contributed by atoms with Crippen LogP contribution in [0.15, 0.2) is 12.4 Å². The van der Waals surface area contributed by atoms with Gasteiger partial charge in [-0.05, 0) is 18.8 Å². The highest BCUT2D eigenvalue weighted by atomic mass is 16.5. The lowest BCUT2D eigenvalue weighted by molar-refractivity contribution is 0.0936. The molecule has 1 aliphatic rings. The largest absolute Gasteiger partial charge is 0.383 e. The zero-order valence-electron chi connectivity index (χ0n) is 12.1. The number of nitrogens with zero attached hydrogens (tertiary/aromatic N) is 3. The quantitative estimate of drug-likeness (QED) is 0.817. The Morgan fingerprint density at radius 3 is 2.65 bits per heavy atom. The van der Waals surface area contributed by atoms with Crippen molar-refractivity contribution in [2.45, 2.75) is 19.8 Å². The smallest absolute Gasteiger partial charge is 0.254 e. The van der Waals surface area contributed by atoms with Crippen LogP contribution in [0.25, 0.3) is 0 Å². The summed E-state index contributed by atoms with van der Waals surface area (Å²) >= 11 is 0. The van der Waals surface area contributed by atoms with Gasteiger partial charge in [-0.15, -0.1) is 0 Å².